The molecule has 2 aliphatic rings. The van der Waals surface area contributed by atoms with E-state index in [0.717, 1.165) is 17.8 Å². The molecule has 27 heavy (non-hydrogen) atoms. The minimum Gasteiger partial charge on any atom is -0.323 e. The third-order valence-electron chi connectivity index (χ3n) is 5.69. The first kappa shape index (κ1) is 18.3. The van der Waals surface area contributed by atoms with Crippen molar-refractivity contribution in [2.45, 2.75) is 38.1 Å². The first-order chi connectivity index (χ1) is 12.9. The molecule has 2 heterocycles. The van der Waals surface area contributed by atoms with E-state index in [-0.39, 0.29) is 11.3 Å². The lowest BCUT2D eigenvalue weighted by Crippen LogP contribution is -2.42. The fourth-order valence-electron chi connectivity index (χ4n) is 4.45. The van der Waals surface area contributed by atoms with Crippen LogP contribution >= 0.6 is 11.6 Å². The number of anilines is 1. The van der Waals surface area contributed by atoms with E-state index in [1.807, 2.05) is 30.3 Å². The fourth-order valence-corrected chi connectivity index (χ4v) is 4.65. The molecule has 1 fully saturated rings. The maximum Gasteiger partial charge on any atom is 0.248 e. The molecule has 4 rings (SSSR count). The Morgan fingerprint density at radius 2 is 2.07 bits per heavy atom. The Hall–Kier alpha value is -2.10. The van der Waals surface area contributed by atoms with Crippen molar-refractivity contribution in [1.82, 2.24) is 4.90 Å². The first-order valence-electron chi connectivity index (χ1n) is 9.56. The summed E-state index contributed by atoms with van der Waals surface area (Å²) in [6.45, 7) is 6.90. The van der Waals surface area contributed by atoms with Gasteiger partial charge in [-0.1, -0.05) is 49.7 Å². The number of halogens is 1. The smallest absolute Gasteiger partial charge is 0.248 e. The third kappa shape index (κ3) is 3.67. The zero-order valence-corrected chi connectivity index (χ0v) is 16.6. The highest BCUT2D eigenvalue weighted by atomic mass is 35.5. The number of hydrogen-bond acceptors (Lipinski definition) is 2. The highest BCUT2D eigenvalue weighted by molar-refractivity contribution is 6.32. The number of carbonyl (C=O) groups is 1. The van der Waals surface area contributed by atoms with Crippen molar-refractivity contribution < 1.29 is 4.79 Å². The van der Waals surface area contributed by atoms with E-state index < -0.39 is 0 Å². The van der Waals surface area contributed by atoms with Gasteiger partial charge in [0.15, 0.2) is 0 Å². The lowest BCUT2D eigenvalue weighted by Gasteiger charge is -2.42. The van der Waals surface area contributed by atoms with Crippen LogP contribution in [0.4, 0.5) is 5.69 Å². The number of amides is 1. The maximum absolute atomic E-state index is 12.4. The first-order valence-corrected chi connectivity index (χ1v) is 9.94. The van der Waals surface area contributed by atoms with Crippen molar-refractivity contribution in [3.8, 4) is 0 Å². The molecule has 1 N–H and O–H groups in total. The van der Waals surface area contributed by atoms with Crippen LogP contribution < -0.4 is 5.32 Å². The fraction of sp³-hybridized carbons (Fsp3) is 0.348. The molecule has 1 unspecified atom stereocenters. The molecule has 140 valence electrons. The van der Waals surface area contributed by atoms with E-state index >= 15 is 0 Å². The zero-order chi connectivity index (χ0) is 19.0. The summed E-state index contributed by atoms with van der Waals surface area (Å²) in [6, 6.07) is 14.4. The van der Waals surface area contributed by atoms with E-state index in [4.69, 9.17) is 11.6 Å². The molecule has 1 amide bonds. The topological polar surface area (TPSA) is 32.3 Å². The Balaban J connectivity index is 1.55. The second kappa shape index (κ2) is 7.14. The molecule has 2 aliphatic heterocycles. The lowest BCUT2D eigenvalue weighted by atomic mass is 9.76. The van der Waals surface area contributed by atoms with Crippen LogP contribution in [0.3, 0.4) is 0 Å². The van der Waals surface area contributed by atoms with Gasteiger partial charge in [-0.25, -0.2) is 0 Å². The second-order valence-corrected chi connectivity index (χ2v) is 8.57. The van der Waals surface area contributed by atoms with Crippen LogP contribution in [0.1, 0.15) is 49.4 Å². The molecule has 2 aromatic rings. The summed E-state index contributed by atoms with van der Waals surface area (Å²) < 4.78 is 0. The Bertz CT molecular complexity index is 903. The van der Waals surface area contributed by atoms with Crippen molar-refractivity contribution in [3.05, 3.63) is 70.3 Å². The van der Waals surface area contributed by atoms with Gasteiger partial charge in [-0.05, 0) is 60.4 Å². The van der Waals surface area contributed by atoms with Gasteiger partial charge >= 0.3 is 0 Å². The average Bonchev–Trinajstić information content (AvgIpc) is 3.08. The van der Waals surface area contributed by atoms with E-state index in [0.29, 0.717) is 11.1 Å². The summed E-state index contributed by atoms with van der Waals surface area (Å²) in [6.07, 6.45) is 5.73. The normalized spacial score (nSPS) is 21.1. The van der Waals surface area contributed by atoms with Crippen LogP contribution in [0.5, 0.6) is 0 Å². The maximum atomic E-state index is 12.4. The second-order valence-electron chi connectivity index (χ2n) is 8.16. The molecule has 0 aromatic heterocycles. The molecule has 0 spiro atoms. The van der Waals surface area contributed by atoms with Crippen molar-refractivity contribution in [2.24, 2.45) is 0 Å². The molecule has 2 aromatic carbocycles. The van der Waals surface area contributed by atoms with E-state index in [9.17, 15) is 4.79 Å². The van der Waals surface area contributed by atoms with Crippen LogP contribution in [-0.2, 0) is 10.2 Å². The number of nitrogens with zero attached hydrogens (tertiary/aromatic N) is 1. The van der Waals surface area contributed by atoms with Crippen LogP contribution in [-0.4, -0.2) is 23.9 Å². The Kier molecular flexibility index (Phi) is 4.83. The van der Waals surface area contributed by atoms with Gasteiger partial charge in [-0.15, -0.1) is 0 Å². The number of carbonyl (C=O) groups excluding carboxylic acids is 1. The minimum atomic E-state index is -0.145. The zero-order valence-electron chi connectivity index (χ0n) is 15.8. The van der Waals surface area contributed by atoms with Crippen LogP contribution in [0, 0.1) is 0 Å². The number of rotatable bonds is 3. The van der Waals surface area contributed by atoms with Crippen molar-refractivity contribution in [1.29, 1.82) is 0 Å². The molecule has 0 saturated carbocycles. The monoisotopic (exact) mass is 380 g/mol. The molecule has 0 radical (unpaired) electrons. The predicted octanol–water partition coefficient (Wildman–Crippen LogP) is 5.42. The van der Waals surface area contributed by atoms with Gasteiger partial charge in [-0.2, -0.15) is 0 Å². The third-order valence-corrected chi connectivity index (χ3v) is 6.03. The van der Waals surface area contributed by atoms with Crippen molar-refractivity contribution in [2.75, 3.05) is 18.4 Å². The highest BCUT2D eigenvalue weighted by Gasteiger charge is 2.39. The standard InChI is InChI=1S/C23H25ClN2O/c1-23(2)15-26-13-5-8-21(26)18-14-17(10-11-19(18)23)25-22(27)12-9-16-6-3-4-7-20(16)24/h3-4,6-7,9-12,14,21H,5,8,13,15H2,1-2H3,(H,25,27). The Morgan fingerprint density at radius 3 is 2.89 bits per heavy atom. The van der Waals surface area contributed by atoms with Crippen LogP contribution in [0.15, 0.2) is 48.5 Å². The highest BCUT2D eigenvalue weighted by Crippen LogP contribution is 2.45. The summed E-state index contributed by atoms with van der Waals surface area (Å²) in [4.78, 5) is 15.0. The molecular formula is C23H25ClN2O. The van der Waals surface area contributed by atoms with E-state index in [1.54, 1.807) is 6.08 Å². The van der Waals surface area contributed by atoms with E-state index in [2.05, 4.69) is 36.2 Å². The molecule has 0 aliphatic carbocycles. The summed E-state index contributed by atoms with van der Waals surface area (Å²) in [5.41, 5.74) is 4.62. The Labute approximate surface area is 166 Å². The number of fused-ring (bicyclic) bond motifs is 3. The Morgan fingerprint density at radius 1 is 1.26 bits per heavy atom. The lowest BCUT2D eigenvalue weighted by molar-refractivity contribution is -0.111. The van der Waals surface area contributed by atoms with Crippen LogP contribution in [0.25, 0.3) is 6.08 Å². The molecule has 3 nitrogen and oxygen atoms in total. The molecule has 0 bridgehead atoms. The quantitative estimate of drug-likeness (QED) is 0.721. The van der Waals surface area contributed by atoms with Gasteiger partial charge in [0, 0.05) is 34.8 Å². The van der Waals surface area contributed by atoms with Gasteiger partial charge in [0.05, 0.1) is 0 Å². The molecule has 1 atom stereocenters. The van der Waals surface area contributed by atoms with Gasteiger partial charge in [0.2, 0.25) is 5.91 Å². The average molecular weight is 381 g/mol. The summed E-state index contributed by atoms with van der Waals surface area (Å²) in [7, 11) is 0. The number of nitrogens with one attached hydrogen (secondary N) is 1. The van der Waals surface area contributed by atoms with Gasteiger partial charge in [0.1, 0.15) is 0 Å². The number of hydrogen-bond donors (Lipinski definition) is 1. The van der Waals surface area contributed by atoms with Crippen molar-refractivity contribution >= 4 is 29.3 Å². The summed E-state index contributed by atoms with van der Waals surface area (Å²) >= 11 is 6.14. The van der Waals surface area contributed by atoms with Gasteiger partial charge in [0.25, 0.3) is 0 Å². The van der Waals surface area contributed by atoms with Gasteiger partial charge < -0.3 is 5.32 Å². The SMILES string of the molecule is CC1(C)CN2CCCC2c2cc(NC(=O)C=Cc3ccccc3Cl)ccc21. The largest absolute Gasteiger partial charge is 0.323 e. The van der Waals surface area contributed by atoms with Gasteiger partial charge in [-0.3, -0.25) is 9.69 Å². The van der Waals surface area contributed by atoms with Crippen molar-refractivity contribution in [3.63, 3.8) is 0 Å². The minimum absolute atomic E-state index is 0.142. The van der Waals surface area contributed by atoms with Crippen LogP contribution in [0.2, 0.25) is 5.02 Å². The number of benzene rings is 2. The molecule has 4 heteroatoms. The summed E-state index contributed by atoms with van der Waals surface area (Å²) in [5.74, 6) is -0.145. The predicted molar refractivity (Wildman–Crippen MR) is 112 cm³/mol. The molecular weight excluding hydrogens is 356 g/mol. The molecule has 1 saturated heterocycles. The summed E-state index contributed by atoms with van der Waals surface area (Å²) in [5, 5.41) is 3.64. The van der Waals surface area contributed by atoms with E-state index in [1.165, 1.54) is 36.6 Å².